The number of hydrogen-bond acceptors (Lipinski definition) is 4. The van der Waals surface area contributed by atoms with Crippen molar-refractivity contribution in [2.24, 2.45) is 10.8 Å². The van der Waals surface area contributed by atoms with Gasteiger partial charge in [-0.1, -0.05) is 0 Å². The van der Waals surface area contributed by atoms with Gasteiger partial charge in [-0.3, -0.25) is 10.8 Å². The molecule has 0 amide bonds. The standard InChI is InChI=1S/C9H7FIN5/c10-6-3-5(11)1-2-7(6)15-16-8(4-12)9(13)14/h1-3,15H,(H3,13,14)/b16-8+. The number of nitrogens with two attached hydrogens (primary N) is 1. The van der Waals surface area contributed by atoms with Gasteiger partial charge in [-0.05, 0) is 40.8 Å². The molecule has 0 radical (unpaired) electrons. The van der Waals surface area contributed by atoms with Crippen LogP contribution in [0, 0.1) is 26.1 Å². The summed E-state index contributed by atoms with van der Waals surface area (Å²) in [5.41, 5.74) is 7.23. The van der Waals surface area contributed by atoms with E-state index in [4.69, 9.17) is 16.4 Å². The number of rotatable bonds is 3. The van der Waals surface area contributed by atoms with Gasteiger partial charge in [0, 0.05) is 3.57 Å². The second-order valence-corrected chi connectivity index (χ2v) is 3.97. The van der Waals surface area contributed by atoms with Crippen LogP contribution in [0.15, 0.2) is 23.3 Å². The van der Waals surface area contributed by atoms with E-state index in [-0.39, 0.29) is 11.4 Å². The second-order valence-electron chi connectivity index (χ2n) is 2.72. The third-order valence-corrected chi connectivity index (χ3v) is 2.25. The van der Waals surface area contributed by atoms with E-state index in [1.807, 2.05) is 22.6 Å². The zero-order chi connectivity index (χ0) is 12.1. The monoisotopic (exact) mass is 331 g/mol. The number of benzene rings is 1. The highest BCUT2D eigenvalue weighted by atomic mass is 127. The maximum Gasteiger partial charge on any atom is 0.201 e. The minimum absolute atomic E-state index is 0.120. The second kappa shape index (κ2) is 5.41. The lowest BCUT2D eigenvalue weighted by molar-refractivity contribution is 0.630. The van der Waals surface area contributed by atoms with Crippen molar-refractivity contribution in [1.29, 1.82) is 10.7 Å². The number of hydrazone groups is 1. The average molecular weight is 331 g/mol. The van der Waals surface area contributed by atoms with Gasteiger partial charge in [-0.2, -0.15) is 10.4 Å². The van der Waals surface area contributed by atoms with Crippen LogP contribution in [-0.2, 0) is 0 Å². The molecule has 0 saturated heterocycles. The van der Waals surface area contributed by atoms with Crippen molar-refractivity contribution in [2.45, 2.75) is 0 Å². The lowest BCUT2D eigenvalue weighted by Gasteiger charge is -2.02. The summed E-state index contributed by atoms with van der Waals surface area (Å²) in [6, 6.07) is 6.10. The van der Waals surface area contributed by atoms with Crippen LogP contribution >= 0.6 is 22.6 Å². The Labute approximate surface area is 105 Å². The van der Waals surface area contributed by atoms with Crippen LogP contribution in [0.5, 0.6) is 0 Å². The molecule has 82 valence electrons. The molecule has 16 heavy (non-hydrogen) atoms. The van der Waals surface area contributed by atoms with Crippen molar-refractivity contribution in [3.63, 3.8) is 0 Å². The van der Waals surface area contributed by atoms with Gasteiger partial charge in [0.05, 0.1) is 5.69 Å². The van der Waals surface area contributed by atoms with Crippen molar-refractivity contribution in [2.75, 3.05) is 5.43 Å². The number of halogens is 2. The van der Waals surface area contributed by atoms with Gasteiger partial charge < -0.3 is 5.73 Å². The summed E-state index contributed by atoms with van der Waals surface area (Å²) in [5, 5.41) is 19.1. The number of anilines is 1. The van der Waals surface area contributed by atoms with Crippen LogP contribution in [0.4, 0.5) is 10.1 Å². The Bertz CT molecular complexity index is 491. The number of nitriles is 1. The normalized spacial score (nSPS) is 10.7. The van der Waals surface area contributed by atoms with Gasteiger partial charge in [-0.25, -0.2) is 4.39 Å². The van der Waals surface area contributed by atoms with E-state index in [0.29, 0.717) is 0 Å². The number of nitrogens with zero attached hydrogens (tertiary/aromatic N) is 2. The van der Waals surface area contributed by atoms with Crippen LogP contribution < -0.4 is 11.2 Å². The van der Waals surface area contributed by atoms with Gasteiger partial charge in [-0.15, -0.1) is 0 Å². The van der Waals surface area contributed by atoms with Gasteiger partial charge in [0.1, 0.15) is 11.9 Å². The Hall–Kier alpha value is -1.69. The largest absolute Gasteiger partial charge is 0.382 e. The highest BCUT2D eigenvalue weighted by Gasteiger charge is 2.04. The first-order valence-electron chi connectivity index (χ1n) is 4.08. The van der Waals surface area contributed by atoms with Crippen molar-refractivity contribution in [3.05, 3.63) is 27.6 Å². The highest BCUT2D eigenvalue weighted by Crippen LogP contribution is 2.16. The van der Waals surface area contributed by atoms with Crippen LogP contribution in [-0.4, -0.2) is 11.5 Å². The molecule has 0 heterocycles. The molecular formula is C9H7FIN5. The summed E-state index contributed by atoms with van der Waals surface area (Å²) in [4.78, 5) is 0. The summed E-state index contributed by atoms with van der Waals surface area (Å²) in [6.07, 6.45) is 0. The molecule has 0 aliphatic heterocycles. The predicted molar refractivity (Wildman–Crippen MR) is 67.7 cm³/mol. The van der Waals surface area contributed by atoms with Gasteiger partial charge in [0.15, 0.2) is 5.84 Å². The molecule has 0 unspecified atom stereocenters. The quantitative estimate of drug-likeness (QED) is 0.340. The molecule has 0 atom stereocenters. The molecular weight excluding hydrogens is 324 g/mol. The van der Waals surface area contributed by atoms with Crippen molar-refractivity contribution in [3.8, 4) is 6.07 Å². The Kier molecular flexibility index (Phi) is 4.19. The van der Waals surface area contributed by atoms with E-state index in [1.54, 1.807) is 12.1 Å². The van der Waals surface area contributed by atoms with Crippen molar-refractivity contribution >= 4 is 39.8 Å². The first-order chi connectivity index (χ1) is 7.54. The fraction of sp³-hybridized carbons (Fsp3) is 0. The Morgan fingerprint density at radius 2 is 2.31 bits per heavy atom. The summed E-state index contributed by atoms with van der Waals surface area (Å²) in [5.74, 6) is -0.961. The van der Waals surface area contributed by atoms with E-state index in [2.05, 4.69) is 10.5 Å². The van der Waals surface area contributed by atoms with Gasteiger partial charge >= 0.3 is 0 Å². The predicted octanol–water partition coefficient (Wildman–Crippen LogP) is 1.66. The summed E-state index contributed by atoms with van der Waals surface area (Å²) < 4.78 is 14.0. The van der Waals surface area contributed by atoms with E-state index in [0.717, 1.165) is 3.57 Å². The fourth-order valence-electron chi connectivity index (χ4n) is 0.842. The van der Waals surface area contributed by atoms with Gasteiger partial charge in [0.2, 0.25) is 5.71 Å². The van der Waals surface area contributed by atoms with E-state index < -0.39 is 11.7 Å². The smallest absolute Gasteiger partial charge is 0.201 e. The molecule has 0 aliphatic carbocycles. The Morgan fingerprint density at radius 1 is 1.62 bits per heavy atom. The maximum atomic E-state index is 13.3. The molecule has 7 heteroatoms. The first-order valence-corrected chi connectivity index (χ1v) is 5.15. The maximum absolute atomic E-state index is 13.3. The highest BCUT2D eigenvalue weighted by molar-refractivity contribution is 14.1. The summed E-state index contributed by atoms with van der Waals surface area (Å²) in [7, 11) is 0. The molecule has 0 aliphatic rings. The summed E-state index contributed by atoms with van der Waals surface area (Å²) in [6.45, 7) is 0. The fourth-order valence-corrected chi connectivity index (χ4v) is 1.29. The molecule has 4 N–H and O–H groups in total. The minimum Gasteiger partial charge on any atom is -0.382 e. The molecule has 0 aromatic heterocycles. The third kappa shape index (κ3) is 3.16. The molecule has 0 saturated carbocycles. The van der Waals surface area contributed by atoms with E-state index in [1.165, 1.54) is 12.1 Å². The Morgan fingerprint density at radius 3 is 2.81 bits per heavy atom. The van der Waals surface area contributed by atoms with Crippen molar-refractivity contribution in [1.82, 2.24) is 0 Å². The number of hydrogen-bond donors (Lipinski definition) is 3. The van der Waals surface area contributed by atoms with Gasteiger partial charge in [0.25, 0.3) is 0 Å². The lowest BCUT2D eigenvalue weighted by atomic mass is 10.3. The molecule has 0 spiro atoms. The number of amidine groups is 1. The topological polar surface area (TPSA) is 98.0 Å². The molecule has 0 bridgehead atoms. The lowest BCUT2D eigenvalue weighted by Crippen LogP contribution is -2.22. The van der Waals surface area contributed by atoms with E-state index >= 15 is 0 Å². The average Bonchev–Trinajstić information content (AvgIpc) is 2.21. The van der Waals surface area contributed by atoms with Crippen molar-refractivity contribution < 1.29 is 4.39 Å². The van der Waals surface area contributed by atoms with E-state index in [9.17, 15) is 4.39 Å². The minimum atomic E-state index is -0.489. The molecule has 1 aromatic carbocycles. The molecule has 1 aromatic rings. The summed E-state index contributed by atoms with van der Waals surface area (Å²) >= 11 is 1.97. The zero-order valence-corrected chi connectivity index (χ0v) is 10.1. The van der Waals surface area contributed by atoms with Crippen LogP contribution in [0.25, 0.3) is 0 Å². The molecule has 0 fully saturated rings. The first kappa shape index (κ1) is 12.4. The van der Waals surface area contributed by atoms with Crippen LogP contribution in [0.2, 0.25) is 0 Å². The SMILES string of the molecule is N#C/C(=N\Nc1ccc(I)cc1F)C(=N)N. The van der Waals surface area contributed by atoms with Crippen LogP contribution in [0.1, 0.15) is 0 Å². The molecule has 5 nitrogen and oxygen atoms in total. The molecule has 1 rings (SSSR count). The zero-order valence-electron chi connectivity index (χ0n) is 7.96. The number of nitrogens with one attached hydrogen (secondary N) is 2. The Balaban J connectivity index is 2.90. The third-order valence-electron chi connectivity index (χ3n) is 1.58. The van der Waals surface area contributed by atoms with Crippen LogP contribution in [0.3, 0.4) is 0 Å².